The van der Waals surface area contributed by atoms with Gasteiger partial charge >= 0.3 is 0 Å². The molecule has 3 rings (SSSR count). The SMILES string of the molecule is OC1CCCc2c(Cl)nc(C3CCOC3)n21. The molecule has 2 unspecified atom stereocenters. The Bertz CT molecular complexity index is 399. The van der Waals surface area contributed by atoms with Gasteiger partial charge in [0.15, 0.2) is 5.15 Å². The summed E-state index contributed by atoms with van der Waals surface area (Å²) < 4.78 is 7.29. The van der Waals surface area contributed by atoms with E-state index in [0.29, 0.717) is 17.7 Å². The molecule has 2 aliphatic rings. The fourth-order valence-electron chi connectivity index (χ4n) is 2.62. The molecule has 0 radical (unpaired) electrons. The van der Waals surface area contributed by atoms with Gasteiger partial charge in [0.1, 0.15) is 12.1 Å². The molecule has 1 aromatic rings. The summed E-state index contributed by atoms with van der Waals surface area (Å²) >= 11 is 6.12. The van der Waals surface area contributed by atoms with Crippen molar-refractivity contribution in [3.05, 3.63) is 16.7 Å². The Morgan fingerprint density at radius 3 is 3.06 bits per heavy atom. The summed E-state index contributed by atoms with van der Waals surface area (Å²) in [6.07, 6.45) is 3.20. The summed E-state index contributed by atoms with van der Waals surface area (Å²) in [6.45, 7) is 1.47. The number of rotatable bonds is 1. The number of ether oxygens (including phenoxy) is 1. The van der Waals surface area contributed by atoms with Gasteiger partial charge in [-0.25, -0.2) is 4.98 Å². The molecule has 0 bridgehead atoms. The highest BCUT2D eigenvalue weighted by atomic mass is 35.5. The van der Waals surface area contributed by atoms with E-state index in [9.17, 15) is 5.11 Å². The Hall–Kier alpha value is -0.580. The first-order valence-electron chi connectivity index (χ1n) is 5.79. The first-order chi connectivity index (χ1) is 7.77. The van der Waals surface area contributed by atoms with Crippen LogP contribution < -0.4 is 0 Å². The van der Waals surface area contributed by atoms with Crippen LogP contribution in [0.2, 0.25) is 5.15 Å². The van der Waals surface area contributed by atoms with Crippen molar-refractivity contribution in [3.8, 4) is 0 Å². The van der Waals surface area contributed by atoms with Crippen LogP contribution in [0, 0.1) is 0 Å². The fraction of sp³-hybridized carbons (Fsp3) is 0.727. The number of imidazole rings is 1. The molecule has 3 heterocycles. The Morgan fingerprint density at radius 1 is 1.44 bits per heavy atom. The smallest absolute Gasteiger partial charge is 0.150 e. The van der Waals surface area contributed by atoms with Crippen LogP contribution in [0.4, 0.5) is 0 Å². The summed E-state index contributed by atoms with van der Waals surface area (Å²) in [5, 5.41) is 10.6. The van der Waals surface area contributed by atoms with Gasteiger partial charge in [-0.3, -0.25) is 0 Å². The Labute approximate surface area is 99.2 Å². The average molecular weight is 243 g/mol. The van der Waals surface area contributed by atoms with Gasteiger partial charge in [0.25, 0.3) is 0 Å². The Balaban J connectivity index is 2.04. The molecule has 0 saturated carbocycles. The van der Waals surface area contributed by atoms with Gasteiger partial charge in [-0.1, -0.05) is 11.6 Å². The number of nitrogens with zero attached hydrogens (tertiary/aromatic N) is 2. The molecule has 1 fully saturated rings. The number of aliphatic hydroxyl groups is 1. The minimum absolute atomic E-state index is 0.291. The van der Waals surface area contributed by atoms with Crippen molar-refractivity contribution in [2.24, 2.45) is 0 Å². The largest absolute Gasteiger partial charge is 0.381 e. The molecule has 0 amide bonds. The summed E-state index contributed by atoms with van der Waals surface area (Å²) in [6, 6.07) is 0. The maximum atomic E-state index is 10.0. The van der Waals surface area contributed by atoms with Crippen LogP contribution in [0.15, 0.2) is 0 Å². The lowest BCUT2D eigenvalue weighted by molar-refractivity contribution is 0.0741. The van der Waals surface area contributed by atoms with Gasteiger partial charge in [-0.15, -0.1) is 0 Å². The van der Waals surface area contributed by atoms with Crippen LogP contribution in [-0.2, 0) is 11.2 Å². The lowest BCUT2D eigenvalue weighted by atomic mass is 10.1. The quantitative estimate of drug-likeness (QED) is 0.818. The normalized spacial score (nSPS) is 29.4. The zero-order valence-electron chi connectivity index (χ0n) is 9.03. The van der Waals surface area contributed by atoms with Gasteiger partial charge in [0.05, 0.1) is 12.3 Å². The summed E-state index contributed by atoms with van der Waals surface area (Å²) in [7, 11) is 0. The molecule has 2 atom stereocenters. The van der Waals surface area contributed by atoms with E-state index in [1.165, 1.54) is 0 Å². The van der Waals surface area contributed by atoms with E-state index in [4.69, 9.17) is 16.3 Å². The lowest BCUT2D eigenvalue weighted by Gasteiger charge is -2.24. The van der Waals surface area contributed by atoms with Gasteiger partial charge in [0, 0.05) is 12.5 Å². The van der Waals surface area contributed by atoms with Crippen LogP contribution in [0.3, 0.4) is 0 Å². The topological polar surface area (TPSA) is 47.3 Å². The first-order valence-corrected chi connectivity index (χ1v) is 6.17. The minimum atomic E-state index is -0.459. The van der Waals surface area contributed by atoms with Crippen molar-refractivity contribution in [3.63, 3.8) is 0 Å². The number of hydrogen-bond acceptors (Lipinski definition) is 3. The van der Waals surface area contributed by atoms with E-state index >= 15 is 0 Å². The minimum Gasteiger partial charge on any atom is -0.381 e. The van der Waals surface area contributed by atoms with E-state index in [-0.39, 0.29) is 0 Å². The highest BCUT2D eigenvalue weighted by Gasteiger charge is 2.30. The third-order valence-electron chi connectivity index (χ3n) is 3.46. The molecular formula is C11H15ClN2O2. The second-order valence-electron chi connectivity index (χ2n) is 4.51. The predicted molar refractivity (Wildman–Crippen MR) is 59.6 cm³/mol. The molecule has 5 heteroatoms. The third-order valence-corrected chi connectivity index (χ3v) is 3.76. The van der Waals surface area contributed by atoms with E-state index < -0.39 is 6.23 Å². The van der Waals surface area contributed by atoms with E-state index in [1.807, 2.05) is 4.57 Å². The van der Waals surface area contributed by atoms with Crippen LogP contribution in [0.25, 0.3) is 0 Å². The standard InChI is InChI=1S/C11H15ClN2O2/c12-10-8-2-1-3-9(15)14(8)11(13-10)7-4-5-16-6-7/h7,9,15H,1-6H2. The third kappa shape index (κ3) is 1.56. The first kappa shape index (κ1) is 10.6. The van der Waals surface area contributed by atoms with Crippen LogP contribution >= 0.6 is 11.6 Å². The van der Waals surface area contributed by atoms with Crippen LogP contribution in [0.1, 0.15) is 42.9 Å². The monoisotopic (exact) mass is 242 g/mol. The summed E-state index contributed by atoms with van der Waals surface area (Å²) in [5.74, 6) is 1.20. The summed E-state index contributed by atoms with van der Waals surface area (Å²) in [4.78, 5) is 4.41. The van der Waals surface area contributed by atoms with Crippen molar-refractivity contribution >= 4 is 11.6 Å². The maximum absolute atomic E-state index is 10.0. The van der Waals surface area contributed by atoms with E-state index in [2.05, 4.69) is 4.98 Å². The van der Waals surface area contributed by atoms with E-state index in [1.54, 1.807) is 0 Å². The number of aliphatic hydroxyl groups excluding tert-OH is 1. The van der Waals surface area contributed by atoms with Gasteiger partial charge in [-0.2, -0.15) is 0 Å². The van der Waals surface area contributed by atoms with Crippen LogP contribution in [0.5, 0.6) is 0 Å². The zero-order chi connectivity index (χ0) is 11.1. The molecule has 1 aromatic heterocycles. The van der Waals surface area contributed by atoms with Gasteiger partial charge in [0.2, 0.25) is 0 Å². The van der Waals surface area contributed by atoms with E-state index in [0.717, 1.165) is 43.8 Å². The molecular weight excluding hydrogens is 228 g/mol. The number of aromatic nitrogens is 2. The number of fused-ring (bicyclic) bond motifs is 1. The highest BCUT2D eigenvalue weighted by molar-refractivity contribution is 6.30. The van der Waals surface area contributed by atoms with Crippen molar-refractivity contribution in [2.45, 2.75) is 37.8 Å². The fourth-order valence-corrected chi connectivity index (χ4v) is 2.89. The second-order valence-corrected chi connectivity index (χ2v) is 4.87. The molecule has 0 aromatic carbocycles. The lowest BCUT2D eigenvalue weighted by Crippen LogP contribution is -2.21. The zero-order valence-corrected chi connectivity index (χ0v) is 9.78. The second kappa shape index (κ2) is 4.02. The molecule has 1 N–H and O–H groups in total. The highest BCUT2D eigenvalue weighted by Crippen LogP contribution is 2.35. The molecule has 88 valence electrons. The molecule has 1 saturated heterocycles. The Morgan fingerprint density at radius 2 is 2.31 bits per heavy atom. The maximum Gasteiger partial charge on any atom is 0.150 e. The van der Waals surface area contributed by atoms with Crippen molar-refractivity contribution in [1.29, 1.82) is 0 Å². The van der Waals surface area contributed by atoms with Crippen LogP contribution in [-0.4, -0.2) is 27.9 Å². The molecule has 2 aliphatic heterocycles. The molecule has 0 aliphatic carbocycles. The van der Waals surface area contributed by atoms with Crippen molar-refractivity contribution in [2.75, 3.05) is 13.2 Å². The predicted octanol–water partition coefficient (Wildman–Crippen LogP) is 1.87. The van der Waals surface area contributed by atoms with Gasteiger partial charge in [-0.05, 0) is 25.7 Å². The molecule has 0 spiro atoms. The van der Waals surface area contributed by atoms with Gasteiger partial charge < -0.3 is 14.4 Å². The average Bonchev–Trinajstić information content (AvgIpc) is 2.87. The number of hydrogen-bond donors (Lipinski definition) is 1. The molecule has 16 heavy (non-hydrogen) atoms. The number of halogens is 1. The van der Waals surface area contributed by atoms with Crippen molar-refractivity contribution in [1.82, 2.24) is 9.55 Å². The summed E-state index contributed by atoms with van der Waals surface area (Å²) in [5.41, 5.74) is 0.988. The Kier molecular flexibility index (Phi) is 2.65. The van der Waals surface area contributed by atoms with Crippen molar-refractivity contribution < 1.29 is 9.84 Å². The molecule has 4 nitrogen and oxygen atoms in total.